The van der Waals surface area contributed by atoms with Crippen LogP contribution in [0.4, 0.5) is 11.6 Å². The Morgan fingerprint density at radius 1 is 1.30 bits per heavy atom. The zero-order valence-corrected chi connectivity index (χ0v) is 14.0. The zero-order chi connectivity index (χ0) is 16.0. The summed E-state index contributed by atoms with van der Waals surface area (Å²) in [6, 6.07) is 1.30. The van der Waals surface area contributed by atoms with E-state index < -0.39 is 0 Å². The topological polar surface area (TPSA) is 66.9 Å². The number of fused-ring (bicyclic) bond motifs is 1. The van der Waals surface area contributed by atoms with E-state index in [4.69, 9.17) is 0 Å². The predicted octanol–water partition coefficient (Wildman–Crippen LogP) is 2.76. The lowest BCUT2D eigenvalue weighted by Gasteiger charge is -2.38. The third-order valence-electron chi connectivity index (χ3n) is 5.23. The highest BCUT2D eigenvalue weighted by Crippen LogP contribution is 2.34. The van der Waals surface area contributed by atoms with Gasteiger partial charge in [0, 0.05) is 30.6 Å². The molecule has 0 bridgehead atoms. The first-order valence-electron chi connectivity index (χ1n) is 8.26. The third-order valence-corrected chi connectivity index (χ3v) is 5.99. The summed E-state index contributed by atoms with van der Waals surface area (Å²) in [6.07, 6.45) is 6.44. The van der Waals surface area contributed by atoms with Gasteiger partial charge in [0.2, 0.25) is 5.82 Å². The van der Waals surface area contributed by atoms with Crippen LogP contribution >= 0.6 is 11.3 Å². The smallest absolute Gasteiger partial charge is 0.358 e. The zero-order valence-electron chi connectivity index (χ0n) is 13.2. The van der Waals surface area contributed by atoms with Gasteiger partial charge in [0.1, 0.15) is 6.20 Å². The molecular weight excluding hydrogens is 314 g/mol. The molecule has 0 amide bonds. The number of hydrogen-bond acceptors (Lipinski definition) is 6. The van der Waals surface area contributed by atoms with Crippen molar-refractivity contribution >= 4 is 27.9 Å². The summed E-state index contributed by atoms with van der Waals surface area (Å²) in [5, 5.41) is 13.3. The molecule has 124 valence electrons. The molecule has 2 fully saturated rings. The van der Waals surface area contributed by atoms with E-state index in [0.717, 1.165) is 25.9 Å². The van der Waals surface area contributed by atoms with E-state index >= 15 is 0 Å². The summed E-state index contributed by atoms with van der Waals surface area (Å²) in [6.45, 7) is 5.21. The van der Waals surface area contributed by atoms with E-state index in [1.165, 1.54) is 30.7 Å². The molecule has 0 aliphatic carbocycles. The van der Waals surface area contributed by atoms with Crippen molar-refractivity contribution < 1.29 is 4.92 Å². The molecule has 0 spiro atoms. The van der Waals surface area contributed by atoms with E-state index in [9.17, 15) is 10.1 Å². The maximum Gasteiger partial charge on any atom is 0.373 e. The molecular formula is C15H21N5O2S. The number of anilines is 1. The molecule has 1 atom stereocenters. The highest BCUT2D eigenvalue weighted by atomic mass is 32.1. The van der Waals surface area contributed by atoms with Gasteiger partial charge < -0.3 is 15.0 Å². The third kappa shape index (κ3) is 2.49. The molecule has 8 heteroatoms. The van der Waals surface area contributed by atoms with Gasteiger partial charge in [-0.2, -0.15) is 9.38 Å². The second kappa shape index (κ2) is 5.76. The first-order chi connectivity index (χ1) is 11.1. The SMILES string of the molecule is CC1CCCN1C1CCN(c2nc3sccn3c2[N+](=O)[O-])CC1. The van der Waals surface area contributed by atoms with E-state index in [1.807, 2.05) is 5.38 Å². The van der Waals surface area contributed by atoms with Crippen LogP contribution in [-0.4, -0.2) is 50.9 Å². The highest BCUT2D eigenvalue weighted by molar-refractivity contribution is 7.15. The van der Waals surface area contributed by atoms with Crippen molar-refractivity contribution in [3.8, 4) is 0 Å². The largest absolute Gasteiger partial charge is 0.373 e. The van der Waals surface area contributed by atoms with Gasteiger partial charge in [-0.1, -0.05) is 11.3 Å². The number of nitrogens with zero attached hydrogens (tertiary/aromatic N) is 5. The van der Waals surface area contributed by atoms with Gasteiger partial charge in [-0.25, -0.2) is 0 Å². The summed E-state index contributed by atoms with van der Waals surface area (Å²) in [7, 11) is 0. The molecule has 2 aliphatic rings. The Labute approximate surface area is 138 Å². The van der Waals surface area contributed by atoms with Gasteiger partial charge in [0.15, 0.2) is 0 Å². The Hall–Kier alpha value is -1.67. The van der Waals surface area contributed by atoms with Crippen LogP contribution in [0.5, 0.6) is 0 Å². The number of imidazole rings is 1. The number of hydrogen-bond donors (Lipinski definition) is 0. The number of likely N-dealkylation sites (tertiary alicyclic amines) is 1. The number of piperidine rings is 1. The van der Waals surface area contributed by atoms with Crippen LogP contribution in [0.3, 0.4) is 0 Å². The normalized spacial score (nSPS) is 23.9. The lowest BCUT2D eigenvalue weighted by Crippen LogP contribution is -2.46. The Morgan fingerprint density at radius 2 is 2.09 bits per heavy atom. The second-order valence-electron chi connectivity index (χ2n) is 6.52. The average Bonchev–Trinajstić information content (AvgIpc) is 3.21. The molecule has 23 heavy (non-hydrogen) atoms. The van der Waals surface area contributed by atoms with E-state index in [1.54, 1.807) is 10.6 Å². The summed E-state index contributed by atoms with van der Waals surface area (Å²) in [4.78, 5) is 21.1. The van der Waals surface area contributed by atoms with Crippen molar-refractivity contribution in [2.24, 2.45) is 0 Å². The summed E-state index contributed by atoms with van der Waals surface area (Å²) in [5.41, 5.74) is 0. The molecule has 0 radical (unpaired) electrons. The van der Waals surface area contributed by atoms with Gasteiger partial charge >= 0.3 is 5.82 Å². The molecule has 1 unspecified atom stereocenters. The quantitative estimate of drug-likeness (QED) is 0.637. The van der Waals surface area contributed by atoms with Crippen LogP contribution < -0.4 is 4.90 Å². The molecule has 4 rings (SSSR count). The summed E-state index contributed by atoms with van der Waals surface area (Å²) in [5.74, 6) is 0.643. The Kier molecular flexibility index (Phi) is 3.73. The fraction of sp³-hybridized carbons (Fsp3) is 0.667. The lowest BCUT2D eigenvalue weighted by molar-refractivity contribution is -0.389. The van der Waals surface area contributed by atoms with Crippen LogP contribution in [0, 0.1) is 10.1 Å². The molecule has 7 nitrogen and oxygen atoms in total. The number of thiazole rings is 1. The predicted molar refractivity (Wildman–Crippen MR) is 90.4 cm³/mol. The highest BCUT2D eigenvalue weighted by Gasteiger charge is 2.34. The Morgan fingerprint density at radius 3 is 2.74 bits per heavy atom. The first kappa shape index (κ1) is 14.9. The number of nitro groups is 1. The molecule has 4 heterocycles. The maximum absolute atomic E-state index is 11.5. The van der Waals surface area contributed by atoms with E-state index in [2.05, 4.69) is 21.7 Å². The number of rotatable bonds is 3. The van der Waals surface area contributed by atoms with Gasteiger partial charge in [0.05, 0.1) is 0 Å². The van der Waals surface area contributed by atoms with Gasteiger partial charge in [-0.15, -0.1) is 0 Å². The van der Waals surface area contributed by atoms with Crippen LogP contribution in [0.25, 0.3) is 4.96 Å². The van der Waals surface area contributed by atoms with Crippen LogP contribution in [0.2, 0.25) is 0 Å². The fourth-order valence-electron chi connectivity index (χ4n) is 4.05. The van der Waals surface area contributed by atoms with E-state index in [-0.39, 0.29) is 10.7 Å². The minimum absolute atomic E-state index is 0.106. The Bertz CT molecular complexity index is 719. The molecule has 2 aliphatic heterocycles. The molecule has 0 N–H and O–H groups in total. The monoisotopic (exact) mass is 335 g/mol. The van der Waals surface area contributed by atoms with E-state index in [0.29, 0.717) is 22.9 Å². The molecule has 0 saturated carbocycles. The standard InChI is InChI=1S/C15H21N5O2S/c1-11-3-2-6-18(11)12-4-7-17(8-5-12)13-14(20(21)22)19-9-10-23-15(19)16-13/h9-12H,2-8H2,1H3. The van der Waals surface area contributed by atoms with Gasteiger partial charge in [0.25, 0.3) is 4.96 Å². The molecule has 2 aromatic rings. The average molecular weight is 335 g/mol. The van der Waals surface area contributed by atoms with Crippen molar-refractivity contribution in [3.05, 3.63) is 21.7 Å². The number of aromatic nitrogens is 2. The van der Waals surface area contributed by atoms with Crippen molar-refractivity contribution in [3.63, 3.8) is 0 Å². The summed E-state index contributed by atoms with van der Waals surface area (Å²) >= 11 is 1.44. The van der Waals surface area contributed by atoms with Crippen molar-refractivity contribution in [1.82, 2.24) is 14.3 Å². The van der Waals surface area contributed by atoms with Gasteiger partial charge in [-0.05, 0) is 44.1 Å². The molecule has 0 aromatic carbocycles. The second-order valence-corrected chi connectivity index (χ2v) is 7.39. The van der Waals surface area contributed by atoms with Crippen LogP contribution in [-0.2, 0) is 0 Å². The van der Waals surface area contributed by atoms with Gasteiger partial charge in [-0.3, -0.25) is 4.90 Å². The Balaban J connectivity index is 1.53. The van der Waals surface area contributed by atoms with Crippen molar-refractivity contribution in [2.75, 3.05) is 24.5 Å². The van der Waals surface area contributed by atoms with Crippen LogP contribution in [0.1, 0.15) is 32.6 Å². The van der Waals surface area contributed by atoms with Crippen molar-refractivity contribution in [2.45, 2.75) is 44.7 Å². The van der Waals surface area contributed by atoms with Crippen LogP contribution in [0.15, 0.2) is 11.6 Å². The maximum atomic E-state index is 11.5. The summed E-state index contributed by atoms with van der Waals surface area (Å²) < 4.78 is 1.59. The fourth-order valence-corrected chi connectivity index (χ4v) is 4.76. The molecule has 2 aromatic heterocycles. The minimum Gasteiger partial charge on any atom is -0.358 e. The minimum atomic E-state index is -0.309. The first-order valence-corrected chi connectivity index (χ1v) is 9.13. The molecule has 2 saturated heterocycles. The van der Waals surface area contributed by atoms with Crippen molar-refractivity contribution in [1.29, 1.82) is 0 Å². The lowest BCUT2D eigenvalue weighted by atomic mass is 10.0.